The third-order valence-electron chi connectivity index (χ3n) is 3.27. The minimum atomic E-state index is 0.368. The van der Waals surface area contributed by atoms with Gasteiger partial charge in [0.2, 0.25) is 0 Å². The van der Waals surface area contributed by atoms with Crippen molar-refractivity contribution in [2.24, 2.45) is 5.41 Å². The monoisotopic (exact) mass is 228 g/mol. The highest BCUT2D eigenvalue weighted by Crippen LogP contribution is 2.18. The molecule has 0 amide bonds. The van der Waals surface area contributed by atoms with Crippen LogP contribution < -0.4 is 5.32 Å². The molecule has 0 aromatic carbocycles. The molecule has 0 atom stereocenters. The second-order valence-electron chi connectivity index (χ2n) is 5.73. The van der Waals surface area contributed by atoms with Crippen LogP contribution in [0.1, 0.15) is 53.9 Å². The molecule has 0 heterocycles. The molecule has 0 unspecified atom stereocenters. The van der Waals surface area contributed by atoms with Gasteiger partial charge in [0.25, 0.3) is 0 Å². The molecule has 1 N–H and O–H groups in total. The molecule has 2 heteroatoms. The van der Waals surface area contributed by atoms with Crippen LogP contribution in [0.15, 0.2) is 0 Å². The van der Waals surface area contributed by atoms with Crippen molar-refractivity contribution in [1.82, 2.24) is 10.2 Å². The fraction of sp³-hybridized carbons (Fsp3) is 1.00. The molecule has 0 saturated heterocycles. The second kappa shape index (κ2) is 8.08. The molecule has 0 aliphatic rings. The van der Waals surface area contributed by atoms with Crippen LogP contribution in [0, 0.1) is 5.41 Å². The van der Waals surface area contributed by atoms with Gasteiger partial charge in [0.15, 0.2) is 0 Å². The summed E-state index contributed by atoms with van der Waals surface area (Å²) in [5, 5.41) is 3.53. The maximum absolute atomic E-state index is 3.53. The van der Waals surface area contributed by atoms with Crippen molar-refractivity contribution in [2.75, 3.05) is 26.7 Å². The Morgan fingerprint density at radius 2 is 1.69 bits per heavy atom. The first kappa shape index (κ1) is 15.9. The maximum Gasteiger partial charge on any atom is 0.00871 e. The van der Waals surface area contributed by atoms with E-state index >= 15 is 0 Å². The Morgan fingerprint density at radius 3 is 2.12 bits per heavy atom. The predicted octanol–water partition coefficient (Wildman–Crippen LogP) is 3.13. The van der Waals surface area contributed by atoms with E-state index in [9.17, 15) is 0 Å². The Bertz CT molecular complexity index is 162. The largest absolute Gasteiger partial charge is 0.316 e. The normalized spacial score (nSPS) is 12.8. The van der Waals surface area contributed by atoms with Gasteiger partial charge in [0, 0.05) is 19.1 Å². The SMILES string of the molecule is CCCNCC(C)(C)CN(C)C(CC)CC. The average Bonchev–Trinajstić information content (AvgIpc) is 2.18. The van der Waals surface area contributed by atoms with Crippen molar-refractivity contribution < 1.29 is 0 Å². The van der Waals surface area contributed by atoms with Crippen molar-refractivity contribution >= 4 is 0 Å². The summed E-state index contributed by atoms with van der Waals surface area (Å²) in [6.07, 6.45) is 3.73. The van der Waals surface area contributed by atoms with E-state index in [1.54, 1.807) is 0 Å². The molecule has 16 heavy (non-hydrogen) atoms. The predicted molar refractivity (Wildman–Crippen MR) is 73.9 cm³/mol. The molecule has 2 nitrogen and oxygen atoms in total. The lowest BCUT2D eigenvalue weighted by molar-refractivity contribution is 0.151. The fourth-order valence-electron chi connectivity index (χ4n) is 2.38. The quantitative estimate of drug-likeness (QED) is 0.610. The highest BCUT2D eigenvalue weighted by molar-refractivity contribution is 4.78. The summed E-state index contributed by atoms with van der Waals surface area (Å²) in [6, 6.07) is 0.741. The Morgan fingerprint density at radius 1 is 1.12 bits per heavy atom. The van der Waals surface area contributed by atoms with Crippen LogP contribution in [0.4, 0.5) is 0 Å². The van der Waals surface area contributed by atoms with E-state index in [0.29, 0.717) is 5.41 Å². The van der Waals surface area contributed by atoms with Gasteiger partial charge in [0.1, 0.15) is 0 Å². The summed E-state index contributed by atoms with van der Waals surface area (Å²) in [5.74, 6) is 0. The number of nitrogens with zero attached hydrogens (tertiary/aromatic N) is 1. The van der Waals surface area contributed by atoms with Gasteiger partial charge in [-0.15, -0.1) is 0 Å². The lowest BCUT2D eigenvalue weighted by atomic mass is 9.91. The highest BCUT2D eigenvalue weighted by atomic mass is 15.1. The molecule has 0 radical (unpaired) electrons. The minimum absolute atomic E-state index is 0.368. The Balaban J connectivity index is 4.02. The first-order chi connectivity index (χ1) is 7.46. The topological polar surface area (TPSA) is 15.3 Å². The summed E-state index contributed by atoms with van der Waals surface area (Å²) in [7, 11) is 2.26. The standard InChI is InChI=1S/C14H32N2/c1-7-10-15-11-14(4,5)12-16(6)13(8-2)9-3/h13,15H,7-12H2,1-6H3. The van der Waals surface area contributed by atoms with Crippen LogP contribution in [-0.2, 0) is 0 Å². The zero-order valence-electron chi connectivity index (χ0n) is 12.3. The van der Waals surface area contributed by atoms with E-state index in [2.05, 4.69) is 51.9 Å². The third kappa shape index (κ3) is 6.49. The number of rotatable bonds is 9. The summed E-state index contributed by atoms with van der Waals surface area (Å²) < 4.78 is 0. The van der Waals surface area contributed by atoms with Crippen molar-refractivity contribution in [3.05, 3.63) is 0 Å². The van der Waals surface area contributed by atoms with Crippen molar-refractivity contribution in [3.63, 3.8) is 0 Å². The van der Waals surface area contributed by atoms with Crippen molar-refractivity contribution in [3.8, 4) is 0 Å². The minimum Gasteiger partial charge on any atom is -0.316 e. The van der Waals surface area contributed by atoms with Crippen LogP contribution in [0.2, 0.25) is 0 Å². The van der Waals surface area contributed by atoms with Crippen LogP contribution in [0.25, 0.3) is 0 Å². The maximum atomic E-state index is 3.53. The molecule has 0 aliphatic carbocycles. The zero-order valence-corrected chi connectivity index (χ0v) is 12.3. The van der Waals surface area contributed by atoms with Crippen LogP contribution in [-0.4, -0.2) is 37.6 Å². The average molecular weight is 228 g/mol. The van der Waals surface area contributed by atoms with Crippen LogP contribution in [0.3, 0.4) is 0 Å². The first-order valence-electron chi connectivity index (χ1n) is 6.87. The molecule has 98 valence electrons. The van der Waals surface area contributed by atoms with Crippen LogP contribution >= 0.6 is 0 Å². The summed E-state index contributed by atoms with van der Waals surface area (Å²) >= 11 is 0. The summed E-state index contributed by atoms with van der Waals surface area (Å²) in [6.45, 7) is 14.9. The molecule has 0 rings (SSSR count). The summed E-state index contributed by atoms with van der Waals surface area (Å²) in [4.78, 5) is 2.52. The Kier molecular flexibility index (Phi) is 8.04. The lowest BCUT2D eigenvalue weighted by Gasteiger charge is -2.35. The third-order valence-corrected chi connectivity index (χ3v) is 3.27. The molecule has 0 aromatic rings. The molecular weight excluding hydrogens is 196 g/mol. The lowest BCUT2D eigenvalue weighted by Crippen LogP contribution is -2.42. The smallest absolute Gasteiger partial charge is 0.00871 e. The fourth-order valence-corrected chi connectivity index (χ4v) is 2.38. The van der Waals surface area contributed by atoms with Gasteiger partial charge >= 0.3 is 0 Å². The van der Waals surface area contributed by atoms with Gasteiger partial charge in [-0.05, 0) is 38.3 Å². The van der Waals surface area contributed by atoms with Crippen molar-refractivity contribution in [2.45, 2.75) is 59.9 Å². The van der Waals surface area contributed by atoms with E-state index in [-0.39, 0.29) is 0 Å². The molecule has 0 aromatic heterocycles. The van der Waals surface area contributed by atoms with Gasteiger partial charge in [-0.3, -0.25) is 0 Å². The Labute approximate surface area is 103 Å². The molecule has 0 saturated carbocycles. The zero-order chi connectivity index (χ0) is 12.6. The van der Waals surface area contributed by atoms with Gasteiger partial charge in [0.05, 0.1) is 0 Å². The van der Waals surface area contributed by atoms with E-state index in [4.69, 9.17) is 0 Å². The van der Waals surface area contributed by atoms with Crippen molar-refractivity contribution in [1.29, 1.82) is 0 Å². The molecule has 0 bridgehead atoms. The highest BCUT2D eigenvalue weighted by Gasteiger charge is 2.22. The van der Waals surface area contributed by atoms with E-state index in [1.165, 1.54) is 25.8 Å². The molecular formula is C14H32N2. The van der Waals surface area contributed by atoms with Crippen LogP contribution in [0.5, 0.6) is 0 Å². The Hall–Kier alpha value is -0.0800. The summed E-state index contributed by atoms with van der Waals surface area (Å²) in [5.41, 5.74) is 0.368. The van der Waals surface area contributed by atoms with Gasteiger partial charge in [-0.1, -0.05) is 34.6 Å². The number of hydrogen-bond donors (Lipinski definition) is 1. The van der Waals surface area contributed by atoms with Gasteiger partial charge in [-0.25, -0.2) is 0 Å². The second-order valence-corrected chi connectivity index (χ2v) is 5.73. The number of nitrogens with one attached hydrogen (secondary N) is 1. The molecule has 0 aliphatic heterocycles. The van der Waals surface area contributed by atoms with Gasteiger partial charge in [-0.2, -0.15) is 0 Å². The van der Waals surface area contributed by atoms with Gasteiger partial charge < -0.3 is 10.2 Å². The number of hydrogen-bond acceptors (Lipinski definition) is 2. The molecule has 0 fully saturated rings. The molecule has 0 spiro atoms. The van der Waals surface area contributed by atoms with E-state index < -0.39 is 0 Å². The van der Waals surface area contributed by atoms with E-state index in [1.807, 2.05) is 0 Å². The van der Waals surface area contributed by atoms with E-state index in [0.717, 1.165) is 19.1 Å². The first-order valence-corrected chi connectivity index (χ1v) is 6.87.